The van der Waals surface area contributed by atoms with E-state index >= 15 is 4.39 Å². The van der Waals surface area contributed by atoms with Gasteiger partial charge in [-0.15, -0.1) is 11.3 Å². The second-order valence-corrected chi connectivity index (χ2v) is 10.8. The molecule has 1 aliphatic rings. The van der Waals surface area contributed by atoms with E-state index in [1.54, 1.807) is 29.7 Å². The van der Waals surface area contributed by atoms with Gasteiger partial charge in [-0.3, -0.25) is 4.79 Å². The van der Waals surface area contributed by atoms with Crippen molar-refractivity contribution in [2.45, 2.75) is 38.9 Å². The van der Waals surface area contributed by atoms with Crippen molar-refractivity contribution in [3.8, 4) is 23.2 Å². The molecule has 1 fully saturated rings. The second-order valence-electron chi connectivity index (χ2n) is 9.71. The average molecular weight is 605 g/mol. The molecular weight excluding hydrogens is 579 g/mol. The smallest absolute Gasteiger partial charge is 0.417 e. The number of anilines is 2. The Morgan fingerprint density at radius 3 is 2.64 bits per heavy atom. The third-order valence-electron chi connectivity index (χ3n) is 7.45. The summed E-state index contributed by atoms with van der Waals surface area (Å²) in [6, 6.07) is 3.91. The van der Waals surface area contributed by atoms with E-state index in [4.69, 9.17) is 10.5 Å². The van der Waals surface area contributed by atoms with Crippen LogP contribution in [0.4, 0.5) is 32.8 Å². The van der Waals surface area contributed by atoms with Crippen molar-refractivity contribution >= 4 is 49.1 Å². The number of likely N-dealkylation sites (tertiary alicyclic amines) is 1. The number of benzene rings is 2. The number of nitrogens with two attached hydrogens (primary N) is 1. The van der Waals surface area contributed by atoms with Gasteiger partial charge in [0, 0.05) is 48.4 Å². The molecule has 2 aromatic heterocycles. The molecule has 0 radical (unpaired) electrons. The van der Waals surface area contributed by atoms with Gasteiger partial charge in [0.1, 0.15) is 28.2 Å². The molecule has 3 heterocycles. The van der Waals surface area contributed by atoms with E-state index in [-0.39, 0.29) is 61.9 Å². The van der Waals surface area contributed by atoms with E-state index in [0.29, 0.717) is 37.3 Å². The van der Waals surface area contributed by atoms with E-state index in [1.165, 1.54) is 7.11 Å². The number of alkyl halides is 3. The maximum atomic E-state index is 16.5. The molecule has 220 valence electrons. The number of hydrogen-bond acceptors (Lipinski definition) is 8. The van der Waals surface area contributed by atoms with Crippen molar-refractivity contribution in [3.63, 3.8) is 0 Å². The number of fused-ring (bicyclic) bond motifs is 2. The Hall–Kier alpha value is -4.25. The summed E-state index contributed by atoms with van der Waals surface area (Å²) < 4.78 is 80.4. The number of ether oxygens (including phenoxy) is 1. The Balaban J connectivity index is 1.82. The van der Waals surface area contributed by atoms with Crippen molar-refractivity contribution in [3.05, 3.63) is 41.0 Å². The van der Waals surface area contributed by atoms with Crippen LogP contribution in [-0.2, 0) is 11.0 Å². The lowest BCUT2D eigenvalue weighted by molar-refractivity contribution is -0.137. The number of halogens is 5. The van der Waals surface area contributed by atoms with Gasteiger partial charge in [-0.05, 0) is 31.0 Å². The summed E-state index contributed by atoms with van der Waals surface area (Å²) in [5.74, 6) is -2.18. The average Bonchev–Trinajstić information content (AvgIpc) is 3.58. The number of nitrogens with zero attached hydrogens (tertiary/aromatic N) is 5. The van der Waals surface area contributed by atoms with Gasteiger partial charge in [-0.25, -0.2) is 8.78 Å². The number of likely N-dealkylation sites (N-methyl/N-ethyl adjacent to an activating group) is 1. The summed E-state index contributed by atoms with van der Waals surface area (Å²) in [7, 11) is 1.25. The Morgan fingerprint density at radius 2 is 2.02 bits per heavy atom. The zero-order chi connectivity index (χ0) is 30.5. The highest BCUT2D eigenvalue weighted by atomic mass is 32.1. The minimum absolute atomic E-state index is 0.0212. The summed E-state index contributed by atoms with van der Waals surface area (Å²) in [5.41, 5.74) is 2.59. The monoisotopic (exact) mass is 604 g/mol. The quantitative estimate of drug-likeness (QED) is 0.265. The normalized spacial score (nSPS) is 15.4. The molecule has 4 aromatic rings. The molecule has 2 N–H and O–H groups in total. The first kappa shape index (κ1) is 29.2. The van der Waals surface area contributed by atoms with Crippen molar-refractivity contribution in [2.75, 3.05) is 37.4 Å². The predicted molar refractivity (Wildman–Crippen MR) is 149 cm³/mol. The van der Waals surface area contributed by atoms with E-state index in [9.17, 15) is 27.6 Å². The number of rotatable bonds is 6. The molecule has 0 bridgehead atoms. The fourth-order valence-electron chi connectivity index (χ4n) is 5.52. The molecular formula is C28H25F5N6O2S. The van der Waals surface area contributed by atoms with Gasteiger partial charge in [-0.1, -0.05) is 13.0 Å². The molecule has 14 heteroatoms. The predicted octanol–water partition coefficient (Wildman–Crippen LogP) is 6.11. The van der Waals surface area contributed by atoms with Crippen LogP contribution in [0.15, 0.2) is 18.2 Å². The molecule has 8 nitrogen and oxygen atoms in total. The topological polar surface area (TPSA) is 108 Å². The van der Waals surface area contributed by atoms with Crippen LogP contribution in [0, 0.1) is 23.0 Å². The zero-order valence-electron chi connectivity index (χ0n) is 22.8. The SMILES string of the molecule is CCC(=O)N1CCC(N(CC)c2nc(OC)nc3c(F)c(-c4ccc(F)c5sc(N)c(C#N)c45)c(C(F)(F)F)cc23)C1. The first-order valence-corrected chi connectivity index (χ1v) is 13.9. The fraction of sp³-hybridized carbons (Fsp3) is 0.357. The van der Waals surface area contributed by atoms with Crippen LogP contribution in [-0.4, -0.2) is 53.6 Å². The van der Waals surface area contributed by atoms with Crippen LogP contribution >= 0.6 is 11.3 Å². The zero-order valence-corrected chi connectivity index (χ0v) is 23.6. The molecule has 2 aromatic carbocycles. The fourth-order valence-corrected chi connectivity index (χ4v) is 6.47. The van der Waals surface area contributed by atoms with Gasteiger partial charge in [0.25, 0.3) is 0 Å². The van der Waals surface area contributed by atoms with E-state index in [2.05, 4.69) is 9.97 Å². The molecule has 0 spiro atoms. The van der Waals surface area contributed by atoms with Gasteiger partial charge in [0.05, 0.1) is 22.9 Å². The van der Waals surface area contributed by atoms with E-state index < -0.39 is 34.5 Å². The minimum Gasteiger partial charge on any atom is -0.467 e. The summed E-state index contributed by atoms with van der Waals surface area (Å²) in [6.45, 7) is 4.60. The first-order chi connectivity index (χ1) is 19.9. The highest BCUT2D eigenvalue weighted by Crippen LogP contribution is 2.48. The number of amides is 1. The molecule has 0 saturated carbocycles. The maximum absolute atomic E-state index is 16.5. The van der Waals surface area contributed by atoms with Crippen molar-refractivity contribution in [1.29, 1.82) is 5.26 Å². The van der Waals surface area contributed by atoms with Crippen molar-refractivity contribution in [1.82, 2.24) is 14.9 Å². The van der Waals surface area contributed by atoms with Crippen molar-refractivity contribution in [2.24, 2.45) is 0 Å². The van der Waals surface area contributed by atoms with Crippen LogP contribution in [0.5, 0.6) is 6.01 Å². The lowest BCUT2D eigenvalue weighted by Gasteiger charge is -2.30. The number of aromatic nitrogens is 2. The Morgan fingerprint density at radius 1 is 1.29 bits per heavy atom. The van der Waals surface area contributed by atoms with Crippen LogP contribution < -0.4 is 15.4 Å². The summed E-state index contributed by atoms with van der Waals surface area (Å²) in [5, 5.41) is 9.14. The molecule has 1 amide bonds. The number of carbonyl (C=O) groups excluding carboxylic acids is 1. The van der Waals surface area contributed by atoms with Crippen LogP contribution in [0.25, 0.3) is 32.1 Å². The number of carbonyl (C=O) groups is 1. The number of nitriles is 1. The third-order valence-corrected chi connectivity index (χ3v) is 8.48. The number of thiophene rings is 1. The van der Waals surface area contributed by atoms with Gasteiger partial charge in [0.15, 0.2) is 5.82 Å². The molecule has 1 unspecified atom stereocenters. The highest BCUT2D eigenvalue weighted by molar-refractivity contribution is 7.23. The Kier molecular flexibility index (Phi) is 7.57. The number of methoxy groups -OCH3 is 1. The van der Waals surface area contributed by atoms with Crippen molar-refractivity contribution < 1.29 is 31.5 Å². The Bertz CT molecular complexity index is 1770. The molecule has 1 atom stereocenters. The highest BCUT2D eigenvalue weighted by Gasteiger charge is 2.39. The van der Waals surface area contributed by atoms with Gasteiger partial charge >= 0.3 is 12.2 Å². The van der Waals surface area contributed by atoms with E-state index in [1.807, 2.05) is 0 Å². The van der Waals surface area contributed by atoms with E-state index in [0.717, 1.165) is 18.2 Å². The summed E-state index contributed by atoms with van der Waals surface area (Å²) >= 11 is 0.691. The number of nitrogen functional groups attached to an aromatic ring is 1. The second kappa shape index (κ2) is 10.9. The van der Waals surface area contributed by atoms with Crippen LogP contribution in [0.1, 0.15) is 37.8 Å². The third kappa shape index (κ3) is 4.71. The minimum atomic E-state index is -5.06. The number of hydrogen-bond donors (Lipinski definition) is 1. The van der Waals surface area contributed by atoms with Gasteiger partial charge in [-0.2, -0.15) is 28.4 Å². The molecule has 5 rings (SSSR count). The summed E-state index contributed by atoms with van der Waals surface area (Å²) in [4.78, 5) is 24.1. The van der Waals surface area contributed by atoms with Crippen LogP contribution in [0.2, 0.25) is 0 Å². The summed E-state index contributed by atoms with van der Waals surface area (Å²) in [6.07, 6.45) is -4.22. The van der Waals surface area contributed by atoms with Gasteiger partial charge < -0.3 is 20.3 Å². The standard InChI is InChI=1S/C28H25F5N6O2S/c1-4-19(40)38-9-8-13(12-38)39(5-2)26-15-10-17(28(31,32)33)21(22(30)23(15)36-27(37-26)41-3)14-6-7-18(29)24-20(14)16(11-34)25(35)42-24/h6-7,10,13H,4-5,8-9,12,35H2,1-3H3. The first-order valence-electron chi connectivity index (χ1n) is 13.1. The Labute approximate surface area is 241 Å². The maximum Gasteiger partial charge on any atom is 0.417 e. The lowest BCUT2D eigenvalue weighted by Crippen LogP contribution is -2.39. The molecule has 1 saturated heterocycles. The van der Waals surface area contributed by atoms with Crippen LogP contribution in [0.3, 0.4) is 0 Å². The largest absolute Gasteiger partial charge is 0.467 e. The molecule has 42 heavy (non-hydrogen) atoms. The molecule has 0 aliphatic carbocycles. The van der Waals surface area contributed by atoms with Gasteiger partial charge in [0.2, 0.25) is 5.91 Å². The lowest BCUT2D eigenvalue weighted by atomic mass is 9.92. The molecule has 1 aliphatic heterocycles.